The molecule has 2 fully saturated rings. The number of piperidine rings is 1. The number of amides is 1. The molecule has 0 unspecified atom stereocenters. The second-order valence-electron chi connectivity index (χ2n) is 8.07. The third kappa shape index (κ3) is 4.23. The van der Waals surface area contributed by atoms with Crippen LogP contribution in [0.4, 0.5) is 25.0 Å². The number of aromatic nitrogens is 6. The number of rotatable bonds is 6. The number of carbonyl (C=O) groups is 1. The van der Waals surface area contributed by atoms with Crippen LogP contribution in [0.3, 0.4) is 0 Å². The van der Waals surface area contributed by atoms with Gasteiger partial charge in [0.2, 0.25) is 0 Å². The number of aliphatic hydroxyl groups is 1. The van der Waals surface area contributed by atoms with Crippen molar-refractivity contribution in [3.05, 3.63) is 48.1 Å². The van der Waals surface area contributed by atoms with Gasteiger partial charge in [0.1, 0.15) is 17.5 Å². The van der Waals surface area contributed by atoms with Crippen molar-refractivity contribution < 1.29 is 23.4 Å². The Morgan fingerprint density at radius 2 is 1.91 bits per heavy atom. The number of benzene rings is 1. The molecule has 5 rings (SSSR count). The van der Waals surface area contributed by atoms with E-state index in [1.165, 1.54) is 15.8 Å². The summed E-state index contributed by atoms with van der Waals surface area (Å²) in [6.07, 6.45) is 4.91. The van der Waals surface area contributed by atoms with E-state index in [0.29, 0.717) is 38.2 Å². The molecule has 1 amide bonds. The summed E-state index contributed by atoms with van der Waals surface area (Å²) in [5.74, 6) is -1.47. The molecule has 2 saturated heterocycles. The van der Waals surface area contributed by atoms with E-state index in [0.717, 1.165) is 12.1 Å². The first-order valence-corrected chi connectivity index (χ1v) is 10.6. The van der Waals surface area contributed by atoms with E-state index >= 15 is 8.78 Å². The van der Waals surface area contributed by atoms with Gasteiger partial charge in [0.15, 0.2) is 11.6 Å². The third-order valence-corrected chi connectivity index (χ3v) is 5.92. The molecule has 4 heterocycles. The second kappa shape index (κ2) is 8.73. The van der Waals surface area contributed by atoms with Crippen molar-refractivity contribution in [3.63, 3.8) is 0 Å². The lowest BCUT2D eigenvalue weighted by molar-refractivity contribution is 0.129. The van der Waals surface area contributed by atoms with Crippen molar-refractivity contribution in [2.75, 3.05) is 29.4 Å². The number of cyclic esters (lactones) is 1. The van der Waals surface area contributed by atoms with Crippen LogP contribution in [-0.2, 0) is 17.9 Å². The van der Waals surface area contributed by atoms with Gasteiger partial charge in [-0.05, 0) is 12.8 Å². The Bertz CT molecular complexity index is 1110. The van der Waals surface area contributed by atoms with Gasteiger partial charge in [-0.1, -0.05) is 10.4 Å². The standard InChI is InChI=1S/C20H22F2N8O3/c21-17-7-15(29-11-16(33-20(29)32)10-28-6-3-23-25-28)8-18(22)19(17)27-4-1-14(2-5-27)30-9-13(12-31)24-26-30/h3,6-9,14,16,31H,1-2,4-5,10-12H2/t16-/m0/s1. The maximum Gasteiger partial charge on any atom is 0.414 e. The molecule has 0 aliphatic carbocycles. The highest BCUT2D eigenvalue weighted by atomic mass is 19.1. The molecule has 0 radical (unpaired) electrons. The molecule has 174 valence electrons. The fourth-order valence-corrected chi connectivity index (χ4v) is 4.29. The van der Waals surface area contributed by atoms with Crippen molar-refractivity contribution in [2.45, 2.75) is 38.1 Å². The molecule has 2 aromatic heterocycles. The molecule has 0 spiro atoms. The number of ether oxygens (including phenoxy) is 1. The van der Waals surface area contributed by atoms with E-state index in [1.54, 1.807) is 22.0 Å². The van der Waals surface area contributed by atoms with Crippen LogP contribution >= 0.6 is 0 Å². The lowest BCUT2D eigenvalue weighted by Gasteiger charge is -2.34. The number of anilines is 2. The molecule has 1 aromatic carbocycles. The molecule has 13 heteroatoms. The third-order valence-electron chi connectivity index (χ3n) is 5.92. The van der Waals surface area contributed by atoms with Crippen molar-refractivity contribution in [1.82, 2.24) is 30.0 Å². The molecule has 1 N–H and O–H groups in total. The van der Waals surface area contributed by atoms with Gasteiger partial charge in [-0.2, -0.15) is 0 Å². The number of aliphatic hydroxyl groups excluding tert-OH is 1. The minimum atomic E-state index is -0.737. The largest absolute Gasteiger partial charge is 0.442 e. The van der Waals surface area contributed by atoms with Crippen LogP contribution in [0.2, 0.25) is 0 Å². The Balaban J connectivity index is 1.27. The smallest absolute Gasteiger partial charge is 0.414 e. The summed E-state index contributed by atoms with van der Waals surface area (Å²) in [7, 11) is 0. The predicted molar refractivity (Wildman–Crippen MR) is 110 cm³/mol. The SMILES string of the molecule is O=C1O[C@@H](Cn2ccnn2)CN1c1cc(F)c(N2CCC(n3cc(CO)nn3)CC2)c(F)c1. The van der Waals surface area contributed by atoms with Gasteiger partial charge in [0.25, 0.3) is 0 Å². The molecule has 0 bridgehead atoms. The van der Waals surface area contributed by atoms with Crippen LogP contribution in [-0.4, -0.2) is 66.9 Å². The fourth-order valence-electron chi connectivity index (χ4n) is 4.29. The Hall–Kier alpha value is -3.61. The topological polar surface area (TPSA) is 114 Å². The molecule has 3 aromatic rings. The quantitative estimate of drug-likeness (QED) is 0.589. The Morgan fingerprint density at radius 3 is 2.55 bits per heavy atom. The molecule has 2 aliphatic heterocycles. The van der Waals surface area contributed by atoms with Gasteiger partial charge < -0.3 is 14.7 Å². The summed E-state index contributed by atoms with van der Waals surface area (Å²) < 4.78 is 38.5. The van der Waals surface area contributed by atoms with Crippen LogP contribution in [0.15, 0.2) is 30.7 Å². The molecule has 11 nitrogen and oxygen atoms in total. The maximum atomic E-state index is 15.0. The Labute approximate surface area is 187 Å². The van der Waals surface area contributed by atoms with E-state index < -0.39 is 23.8 Å². The lowest BCUT2D eigenvalue weighted by Crippen LogP contribution is -2.36. The van der Waals surface area contributed by atoms with Gasteiger partial charge >= 0.3 is 6.09 Å². The van der Waals surface area contributed by atoms with Crippen molar-refractivity contribution in [1.29, 1.82) is 0 Å². The maximum absolute atomic E-state index is 15.0. The first-order valence-electron chi connectivity index (χ1n) is 10.6. The predicted octanol–water partition coefficient (Wildman–Crippen LogP) is 1.51. The number of carbonyl (C=O) groups excluding carboxylic acids is 1. The van der Waals surface area contributed by atoms with Crippen molar-refractivity contribution in [3.8, 4) is 0 Å². The second-order valence-corrected chi connectivity index (χ2v) is 8.07. The normalized spacial score (nSPS) is 19.4. The zero-order valence-electron chi connectivity index (χ0n) is 17.6. The summed E-state index contributed by atoms with van der Waals surface area (Å²) in [5, 5.41) is 24.6. The molecule has 2 aliphatic rings. The fraction of sp³-hybridized carbons (Fsp3) is 0.450. The average Bonchev–Trinajstić information content (AvgIpc) is 3.55. The molecule has 1 atom stereocenters. The van der Waals surface area contributed by atoms with Crippen molar-refractivity contribution >= 4 is 17.5 Å². The highest BCUT2D eigenvalue weighted by molar-refractivity contribution is 5.90. The summed E-state index contributed by atoms with van der Waals surface area (Å²) in [6.45, 7) is 1.12. The van der Waals surface area contributed by atoms with Gasteiger partial charge in [0, 0.05) is 31.4 Å². The van der Waals surface area contributed by atoms with Crippen LogP contribution in [0.5, 0.6) is 0 Å². The van der Waals surface area contributed by atoms with Gasteiger partial charge in [0.05, 0.1) is 43.8 Å². The lowest BCUT2D eigenvalue weighted by atomic mass is 10.0. The van der Waals surface area contributed by atoms with E-state index in [-0.39, 0.29) is 30.6 Å². The van der Waals surface area contributed by atoms with Gasteiger partial charge in [-0.15, -0.1) is 10.2 Å². The monoisotopic (exact) mass is 460 g/mol. The summed E-state index contributed by atoms with van der Waals surface area (Å²) in [5.41, 5.74) is 0.474. The van der Waals surface area contributed by atoms with Crippen LogP contribution < -0.4 is 9.80 Å². The molecule has 33 heavy (non-hydrogen) atoms. The Morgan fingerprint density at radius 1 is 1.15 bits per heavy atom. The summed E-state index contributed by atoms with van der Waals surface area (Å²) >= 11 is 0. The molecular weight excluding hydrogens is 438 g/mol. The van der Waals surface area contributed by atoms with Crippen LogP contribution in [0.1, 0.15) is 24.6 Å². The highest BCUT2D eigenvalue weighted by Crippen LogP contribution is 2.34. The number of halogens is 2. The highest BCUT2D eigenvalue weighted by Gasteiger charge is 2.34. The number of hydrogen-bond acceptors (Lipinski definition) is 8. The first-order chi connectivity index (χ1) is 16.0. The van der Waals surface area contributed by atoms with E-state index in [1.807, 2.05) is 0 Å². The summed E-state index contributed by atoms with van der Waals surface area (Å²) in [6, 6.07) is 2.36. The minimum Gasteiger partial charge on any atom is -0.442 e. The number of hydrogen-bond donors (Lipinski definition) is 1. The zero-order chi connectivity index (χ0) is 22.9. The summed E-state index contributed by atoms with van der Waals surface area (Å²) in [4.78, 5) is 15.2. The Kier molecular flexibility index (Phi) is 5.62. The van der Waals surface area contributed by atoms with Gasteiger partial charge in [-0.25, -0.2) is 22.9 Å². The molecular formula is C20H22F2N8O3. The zero-order valence-corrected chi connectivity index (χ0v) is 17.6. The molecule has 0 saturated carbocycles. The van der Waals surface area contributed by atoms with Crippen molar-refractivity contribution in [2.24, 2.45) is 0 Å². The minimum absolute atomic E-state index is 0.0423. The van der Waals surface area contributed by atoms with Crippen LogP contribution in [0, 0.1) is 11.6 Å². The van der Waals surface area contributed by atoms with Crippen LogP contribution in [0.25, 0.3) is 0 Å². The average molecular weight is 460 g/mol. The van der Waals surface area contributed by atoms with E-state index in [4.69, 9.17) is 9.84 Å². The first kappa shape index (κ1) is 21.2. The number of nitrogens with zero attached hydrogens (tertiary/aromatic N) is 8. The van der Waals surface area contributed by atoms with E-state index in [2.05, 4.69) is 20.6 Å². The van der Waals surface area contributed by atoms with Gasteiger partial charge in [-0.3, -0.25) is 4.90 Å². The van der Waals surface area contributed by atoms with E-state index in [9.17, 15) is 4.79 Å².